The van der Waals surface area contributed by atoms with Crippen molar-refractivity contribution in [2.24, 2.45) is 0 Å². The van der Waals surface area contributed by atoms with Gasteiger partial charge in [-0.1, -0.05) is 29.8 Å². The van der Waals surface area contributed by atoms with E-state index in [9.17, 15) is 9.59 Å². The number of halogens is 1. The van der Waals surface area contributed by atoms with Crippen molar-refractivity contribution in [1.29, 1.82) is 0 Å². The molecule has 2 aromatic carbocycles. The Morgan fingerprint density at radius 3 is 2.71 bits per heavy atom. The summed E-state index contributed by atoms with van der Waals surface area (Å²) in [6.45, 7) is 2.71. The van der Waals surface area contributed by atoms with Crippen molar-refractivity contribution in [3.05, 3.63) is 53.1 Å². The zero-order valence-corrected chi connectivity index (χ0v) is 22.3. The van der Waals surface area contributed by atoms with Crippen LogP contribution in [0.15, 0.2) is 42.5 Å². The number of carbonyl (C=O) groups is 2. The molecule has 2 amide bonds. The Morgan fingerprint density at radius 2 is 2.00 bits per heavy atom. The lowest BCUT2D eigenvalue weighted by molar-refractivity contribution is -0.141. The Hall–Kier alpha value is -3.70. The average molecular weight is 543 g/mol. The molecule has 2 atom stereocenters. The van der Waals surface area contributed by atoms with Crippen molar-refractivity contribution >= 4 is 23.4 Å². The molecule has 0 bridgehead atoms. The smallest absolute Gasteiger partial charge is 0.247 e. The largest absolute Gasteiger partial charge is 0.493 e. The minimum Gasteiger partial charge on any atom is -0.493 e. The highest BCUT2D eigenvalue weighted by atomic mass is 35.5. The molecule has 12 heteroatoms. The normalized spacial score (nSPS) is 15.6. The van der Waals surface area contributed by atoms with Gasteiger partial charge in [-0.2, -0.15) is 4.80 Å². The molecule has 38 heavy (non-hydrogen) atoms. The molecular weight excluding hydrogens is 512 g/mol. The zero-order chi connectivity index (χ0) is 27.1. The lowest BCUT2D eigenvalue weighted by atomic mass is 10.1. The van der Waals surface area contributed by atoms with Crippen LogP contribution in [0.1, 0.15) is 25.3 Å². The molecule has 0 unspecified atom stereocenters. The van der Waals surface area contributed by atoms with Gasteiger partial charge in [-0.05, 0) is 54.8 Å². The number of hydrogen-bond donors (Lipinski definition) is 1. The van der Waals surface area contributed by atoms with Crippen LogP contribution >= 0.6 is 11.6 Å². The van der Waals surface area contributed by atoms with Gasteiger partial charge in [0.2, 0.25) is 17.6 Å². The molecule has 1 fully saturated rings. The Morgan fingerprint density at radius 1 is 1.21 bits per heavy atom. The van der Waals surface area contributed by atoms with Crippen LogP contribution in [0.25, 0.3) is 11.4 Å². The number of amides is 2. The number of aromatic nitrogens is 4. The van der Waals surface area contributed by atoms with Crippen LogP contribution in [0, 0.1) is 0 Å². The standard InChI is InChI=1S/C26H31ClN6O5/c1-17(26(35)28-14-20-8-6-12-38-20)32(15-19-7-4-5-9-21(19)27)24(34)16-33-30-25(29-31-33)18-10-11-22(36-2)23(13-18)37-3/h4-5,7,9-11,13,17,20H,6,8,12,14-16H2,1-3H3,(H,28,35)/t17-,20+/m0/s1. The predicted molar refractivity (Wildman–Crippen MR) is 140 cm³/mol. The van der Waals surface area contributed by atoms with Crippen molar-refractivity contribution in [1.82, 2.24) is 30.4 Å². The van der Waals surface area contributed by atoms with Gasteiger partial charge < -0.3 is 24.4 Å². The number of benzene rings is 2. The van der Waals surface area contributed by atoms with E-state index < -0.39 is 6.04 Å². The highest BCUT2D eigenvalue weighted by Gasteiger charge is 2.28. The first-order valence-corrected chi connectivity index (χ1v) is 12.7. The van der Waals surface area contributed by atoms with Gasteiger partial charge in [0.15, 0.2) is 11.5 Å². The molecule has 1 aromatic heterocycles. The van der Waals surface area contributed by atoms with Crippen molar-refractivity contribution in [2.45, 2.75) is 45.0 Å². The molecule has 1 saturated heterocycles. The molecule has 0 spiro atoms. The number of carbonyl (C=O) groups excluding carboxylic acids is 2. The van der Waals surface area contributed by atoms with Gasteiger partial charge in [0, 0.05) is 30.3 Å². The third-order valence-corrected chi connectivity index (χ3v) is 6.73. The molecule has 4 rings (SSSR count). The Balaban J connectivity index is 1.50. The van der Waals surface area contributed by atoms with Gasteiger partial charge in [0.05, 0.1) is 20.3 Å². The first-order valence-electron chi connectivity index (χ1n) is 12.3. The Kier molecular flexibility index (Phi) is 9.14. The van der Waals surface area contributed by atoms with Crippen molar-refractivity contribution in [3.63, 3.8) is 0 Å². The van der Waals surface area contributed by atoms with Crippen LogP contribution in [-0.2, 0) is 27.4 Å². The van der Waals surface area contributed by atoms with Crippen LogP contribution in [0.5, 0.6) is 11.5 Å². The summed E-state index contributed by atoms with van der Waals surface area (Å²) < 4.78 is 16.2. The van der Waals surface area contributed by atoms with Crippen molar-refractivity contribution in [3.8, 4) is 22.9 Å². The molecule has 2 heterocycles. The average Bonchev–Trinajstić information content (AvgIpc) is 3.63. The number of tetrazole rings is 1. The van der Waals surface area contributed by atoms with E-state index >= 15 is 0 Å². The highest BCUT2D eigenvalue weighted by molar-refractivity contribution is 6.31. The minimum atomic E-state index is -0.769. The number of rotatable bonds is 11. The van der Waals surface area contributed by atoms with E-state index in [-0.39, 0.29) is 31.0 Å². The molecule has 11 nitrogen and oxygen atoms in total. The lowest BCUT2D eigenvalue weighted by Gasteiger charge is -2.29. The van der Waals surface area contributed by atoms with Gasteiger partial charge in [-0.3, -0.25) is 9.59 Å². The first kappa shape index (κ1) is 27.3. The van der Waals surface area contributed by atoms with E-state index in [1.807, 2.05) is 18.2 Å². The maximum absolute atomic E-state index is 13.5. The lowest BCUT2D eigenvalue weighted by Crippen LogP contribution is -2.49. The van der Waals surface area contributed by atoms with Crippen LogP contribution in [0.2, 0.25) is 5.02 Å². The van der Waals surface area contributed by atoms with E-state index in [1.165, 1.54) is 16.8 Å². The van der Waals surface area contributed by atoms with Crippen LogP contribution in [0.3, 0.4) is 0 Å². The molecule has 0 aliphatic carbocycles. The van der Waals surface area contributed by atoms with E-state index in [0.29, 0.717) is 41.1 Å². The third kappa shape index (κ3) is 6.59. The Labute approximate surface area is 226 Å². The molecule has 202 valence electrons. The summed E-state index contributed by atoms with van der Waals surface area (Å²) in [6, 6.07) is 11.7. The first-order chi connectivity index (χ1) is 18.4. The molecular formula is C26H31ClN6O5. The number of nitrogens with zero attached hydrogens (tertiary/aromatic N) is 5. The van der Waals surface area contributed by atoms with Gasteiger partial charge in [-0.15, -0.1) is 10.2 Å². The Bertz CT molecular complexity index is 1260. The van der Waals surface area contributed by atoms with Gasteiger partial charge in [0.1, 0.15) is 12.6 Å². The molecule has 3 aromatic rings. The summed E-state index contributed by atoms with van der Waals surface area (Å²) in [6.07, 6.45) is 1.87. The second kappa shape index (κ2) is 12.7. The zero-order valence-electron chi connectivity index (χ0n) is 21.6. The summed E-state index contributed by atoms with van der Waals surface area (Å²) in [7, 11) is 3.09. The van der Waals surface area contributed by atoms with Gasteiger partial charge in [0.25, 0.3) is 0 Å². The monoisotopic (exact) mass is 542 g/mol. The number of nitrogens with one attached hydrogen (secondary N) is 1. The van der Waals surface area contributed by atoms with E-state index in [0.717, 1.165) is 18.4 Å². The SMILES string of the molecule is COc1ccc(-c2nnn(CC(=O)N(Cc3ccccc3Cl)[C@@H](C)C(=O)NC[C@H]3CCCO3)n2)cc1OC. The summed E-state index contributed by atoms with van der Waals surface area (Å²) >= 11 is 6.37. The van der Waals surface area contributed by atoms with Crippen LogP contribution in [-0.4, -0.2) is 76.4 Å². The van der Waals surface area contributed by atoms with E-state index in [2.05, 4.69) is 20.7 Å². The summed E-state index contributed by atoms with van der Waals surface area (Å²) in [5.41, 5.74) is 1.37. The second-order valence-electron chi connectivity index (χ2n) is 8.88. The topological polar surface area (TPSA) is 121 Å². The molecule has 0 radical (unpaired) electrons. The summed E-state index contributed by atoms with van der Waals surface area (Å²) in [5, 5.41) is 15.9. The summed E-state index contributed by atoms with van der Waals surface area (Å²) in [5.74, 6) is 0.769. The van der Waals surface area contributed by atoms with Crippen molar-refractivity contribution < 1.29 is 23.8 Å². The van der Waals surface area contributed by atoms with Gasteiger partial charge >= 0.3 is 0 Å². The molecule has 1 aliphatic heterocycles. The van der Waals surface area contributed by atoms with Gasteiger partial charge in [-0.25, -0.2) is 0 Å². The second-order valence-corrected chi connectivity index (χ2v) is 9.29. The van der Waals surface area contributed by atoms with E-state index in [4.69, 9.17) is 25.8 Å². The van der Waals surface area contributed by atoms with Crippen LogP contribution < -0.4 is 14.8 Å². The van der Waals surface area contributed by atoms with Crippen LogP contribution in [0.4, 0.5) is 0 Å². The summed E-state index contributed by atoms with van der Waals surface area (Å²) in [4.78, 5) is 29.1. The quantitative estimate of drug-likeness (QED) is 0.392. The number of ether oxygens (including phenoxy) is 3. The molecule has 1 aliphatic rings. The fourth-order valence-corrected chi connectivity index (χ4v) is 4.37. The maximum Gasteiger partial charge on any atom is 0.247 e. The predicted octanol–water partition coefficient (Wildman–Crippen LogP) is 2.72. The van der Waals surface area contributed by atoms with E-state index in [1.54, 1.807) is 38.3 Å². The van der Waals surface area contributed by atoms with Crippen molar-refractivity contribution in [2.75, 3.05) is 27.4 Å². The maximum atomic E-state index is 13.5. The number of hydrogen-bond acceptors (Lipinski definition) is 8. The molecule has 0 saturated carbocycles. The fraction of sp³-hybridized carbons (Fsp3) is 0.423. The highest BCUT2D eigenvalue weighted by Crippen LogP contribution is 2.30. The minimum absolute atomic E-state index is 0.00628. The number of methoxy groups -OCH3 is 2. The third-order valence-electron chi connectivity index (χ3n) is 6.37. The fourth-order valence-electron chi connectivity index (χ4n) is 4.17. The molecule has 1 N–H and O–H groups in total.